The van der Waals surface area contributed by atoms with Gasteiger partial charge in [0.25, 0.3) is 0 Å². The topological polar surface area (TPSA) is 47.5 Å². The van der Waals surface area contributed by atoms with E-state index in [1.807, 2.05) is 6.07 Å². The summed E-state index contributed by atoms with van der Waals surface area (Å²) in [6, 6.07) is 1.83. The molecule has 100 valence electrons. The Morgan fingerprint density at radius 2 is 2.33 bits per heavy atom. The van der Waals surface area contributed by atoms with Gasteiger partial charge < -0.3 is 14.4 Å². The third kappa shape index (κ3) is 3.03. The predicted octanol–water partition coefficient (Wildman–Crippen LogP) is 1.71. The zero-order valence-corrected chi connectivity index (χ0v) is 11.6. The second kappa shape index (κ2) is 5.28. The molecule has 1 unspecified atom stereocenters. The van der Waals surface area contributed by atoms with Crippen molar-refractivity contribution in [3.05, 3.63) is 12.4 Å². The van der Waals surface area contributed by atoms with E-state index in [1.165, 1.54) is 6.33 Å². The molecule has 1 saturated heterocycles. The average molecular weight is 272 g/mol. The number of halogens is 1. The minimum atomic E-state index is -0.240. The molecular weight excluding hydrogens is 254 g/mol. The second-order valence-corrected chi connectivity index (χ2v) is 5.26. The van der Waals surface area contributed by atoms with Gasteiger partial charge in [-0.2, -0.15) is 0 Å². The highest BCUT2D eigenvalue weighted by atomic mass is 35.5. The van der Waals surface area contributed by atoms with E-state index in [0.29, 0.717) is 11.8 Å². The monoisotopic (exact) mass is 271 g/mol. The van der Waals surface area contributed by atoms with Gasteiger partial charge in [-0.3, -0.25) is 0 Å². The van der Waals surface area contributed by atoms with Crippen LogP contribution in [0.25, 0.3) is 0 Å². The summed E-state index contributed by atoms with van der Waals surface area (Å²) in [5.41, 5.74) is -0.240. The number of rotatable bonds is 3. The van der Waals surface area contributed by atoms with Gasteiger partial charge >= 0.3 is 0 Å². The van der Waals surface area contributed by atoms with Gasteiger partial charge in [-0.25, -0.2) is 9.97 Å². The molecule has 2 rings (SSSR count). The normalized spacial score (nSPS) is 22.9. The third-order valence-corrected chi connectivity index (χ3v) is 3.16. The summed E-state index contributed by atoms with van der Waals surface area (Å²) in [5.74, 6) is 1.88. The predicted molar refractivity (Wildman–Crippen MR) is 70.5 cm³/mol. The highest BCUT2D eigenvalue weighted by molar-refractivity contribution is 6.18. The number of alkyl halides is 1. The summed E-state index contributed by atoms with van der Waals surface area (Å²) in [6.07, 6.45) is 1.52. The molecule has 1 aliphatic heterocycles. The van der Waals surface area contributed by atoms with Crippen LogP contribution in [0.5, 0.6) is 5.88 Å². The number of anilines is 1. The van der Waals surface area contributed by atoms with Crippen LogP contribution in [0.15, 0.2) is 12.4 Å². The number of ether oxygens (including phenoxy) is 2. The Labute approximate surface area is 112 Å². The zero-order chi connectivity index (χ0) is 13.2. The van der Waals surface area contributed by atoms with Crippen LogP contribution in [0.4, 0.5) is 5.82 Å². The fourth-order valence-electron chi connectivity index (χ4n) is 2.17. The lowest BCUT2D eigenvalue weighted by atomic mass is 10.1. The van der Waals surface area contributed by atoms with Crippen LogP contribution in [0, 0.1) is 0 Å². The first-order chi connectivity index (χ1) is 8.54. The summed E-state index contributed by atoms with van der Waals surface area (Å²) >= 11 is 5.91. The van der Waals surface area contributed by atoms with Crippen molar-refractivity contribution in [1.29, 1.82) is 0 Å². The Hall–Kier alpha value is -1.07. The fraction of sp³-hybridized carbons (Fsp3) is 0.667. The van der Waals surface area contributed by atoms with Gasteiger partial charge in [0.2, 0.25) is 5.88 Å². The van der Waals surface area contributed by atoms with Crippen LogP contribution in [-0.2, 0) is 4.74 Å². The maximum absolute atomic E-state index is 5.91. The summed E-state index contributed by atoms with van der Waals surface area (Å²) in [4.78, 5) is 10.4. The molecule has 0 aliphatic carbocycles. The molecule has 0 aromatic carbocycles. The summed E-state index contributed by atoms with van der Waals surface area (Å²) < 4.78 is 11.0. The van der Waals surface area contributed by atoms with Crippen LogP contribution < -0.4 is 9.64 Å². The average Bonchev–Trinajstić information content (AvgIpc) is 2.37. The van der Waals surface area contributed by atoms with Crippen molar-refractivity contribution in [3.63, 3.8) is 0 Å². The van der Waals surface area contributed by atoms with Gasteiger partial charge in [0.1, 0.15) is 12.1 Å². The summed E-state index contributed by atoms with van der Waals surface area (Å²) in [6.45, 7) is 5.60. The largest absolute Gasteiger partial charge is 0.481 e. The first-order valence-corrected chi connectivity index (χ1v) is 6.42. The molecule has 6 heteroatoms. The van der Waals surface area contributed by atoms with E-state index in [0.717, 1.165) is 18.9 Å². The van der Waals surface area contributed by atoms with E-state index in [4.69, 9.17) is 21.1 Å². The molecule has 1 aliphatic rings. The maximum atomic E-state index is 5.91. The van der Waals surface area contributed by atoms with E-state index in [9.17, 15) is 0 Å². The molecule has 0 amide bonds. The van der Waals surface area contributed by atoms with Crippen LogP contribution >= 0.6 is 11.6 Å². The van der Waals surface area contributed by atoms with E-state index in [-0.39, 0.29) is 11.7 Å². The van der Waals surface area contributed by atoms with E-state index < -0.39 is 0 Å². The molecule has 1 aromatic rings. The molecule has 18 heavy (non-hydrogen) atoms. The van der Waals surface area contributed by atoms with Crippen LogP contribution in [0.3, 0.4) is 0 Å². The molecule has 0 N–H and O–H groups in total. The van der Waals surface area contributed by atoms with Gasteiger partial charge in [-0.05, 0) is 13.8 Å². The summed E-state index contributed by atoms with van der Waals surface area (Å²) in [7, 11) is 1.59. The Morgan fingerprint density at radius 1 is 1.56 bits per heavy atom. The lowest BCUT2D eigenvalue weighted by molar-refractivity contribution is -0.0736. The second-order valence-electron chi connectivity index (χ2n) is 4.95. The maximum Gasteiger partial charge on any atom is 0.218 e. The van der Waals surface area contributed by atoms with Gasteiger partial charge in [0.05, 0.1) is 24.7 Å². The molecule has 2 heterocycles. The SMILES string of the molecule is COc1cc(N2CC(CCl)OC(C)(C)C2)ncn1. The van der Waals surface area contributed by atoms with Crippen molar-refractivity contribution < 1.29 is 9.47 Å². The molecule has 5 nitrogen and oxygen atoms in total. The van der Waals surface area contributed by atoms with Crippen LogP contribution in [-0.4, -0.2) is 47.8 Å². The lowest BCUT2D eigenvalue weighted by Crippen LogP contribution is -2.53. The molecule has 0 saturated carbocycles. The quantitative estimate of drug-likeness (QED) is 0.784. The highest BCUT2D eigenvalue weighted by Gasteiger charge is 2.33. The van der Waals surface area contributed by atoms with E-state index in [1.54, 1.807) is 7.11 Å². The fourth-order valence-corrected chi connectivity index (χ4v) is 2.33. The molecule has 1 aromatic heterocycles. The Bertz CT molecular complexity index is 414. The number of hydrogen-bond acceptors (Lipinski definition) is 5. The number of aromatic nitrogens is 2. The zero-order valence-electron chi connectivity index (χ0n) is 10.9. The third-order valence-electron chi connectivity index (χ3n) is 2.81. The van der Waals surface area contributed by atoms with Gasteiger partial charge in [0, 0.05) is 19.2 Å². The lowest BCUT2D eigenvalue weighted by Gasteiger charge is -2.42. The Balaban J connectivity index is 2.20. The molecular formula is C12H18ClN3O2. The van der Waals surface area contributed by atoms with Crippen molar-refractivity contribution in [2.75, 3.05) is 31.0 Å². The number of methoxy groups -OCH3 is 1. The minimum Gasteiger partial charge on any atom is -0.481 e. The first-order valence-electron chi connectivity index (χ1n) is 5.89. The Kier molecular flexibility index (Phi) is 3.92. The van der Waals surface area contributed by atoms with E-state index >= 15 is 0 Å². The van der Waals surface area contributed by atoms with Crippen molar-refractivity contribution >= 4 is 17.4 Å². The minimum absolute atomic E-state index is 0.0105. The summed E-state index contributed by atoms with van der Waals surface area (Å²) in [5, 5.41) is 0. The van der Waals surface area contributed by atoms with Crippen molar-refractivity contribution in [1.82, 2.24) is 9.97 Å². The van der Waals surface area contributed by atoms with Gasteiger partial charge in [-0.1, -0.05) is 0 Å². The van der Waals surface area contributed by atoms with Crippen molar-refractivity contribution in [3.8, 4) is 5.88 Å². The Morgan fingerprint density at radius 3 is 3.00 bits per heavy atom. The van der Waals surface area contributed by atoms with Gasteiger partial charge in [-0.15, -0.1) is 11.6 Å². The van der Waals surface area contributed by atoms with E-state index in [2.05, 4.69) is 28.7 Å². The molecule has 1 atom stereocenters. The molecule has 1 fully saturated rings. The van der Waals surface area contributed by atoms with Crippen molar-refractivity contribution in [2.24, 2.45) is 0 Å². The number of morpholine rings is 1. The van der Waals surface area contributed by atoms with Crippen molar-refractivity contribution in [2.45, 2.75) is 25.6 Å². The highest BCUT2D eigenvalue weighted by Crippen LogP contribution is 2.26. The number of nitrogens with zero attached hydrogens (tertiary/aromatic N) is 3. The standard InChI is InChI=1S/C12H18ClN3O2/c1-12(2)7-16(6-9(5-13)18-12)10-4-11(17-3)15-8-14-10/h4,8-9H,5-7H2,1-3H3. The first kappa shape index (κ1) is 13.4. The molecule has 0 bridgehead atoms. The number of hydrogen-bond donors (Lipinski definition) is 0. The molecule has 0 spiro atoms. The smallest absolute Gasteiger partial charge is 0.218 e. The van der Waals surface area contributed by atoms with Crippen LogP contribution in [0.2, 0.25) is 0 Å². The molecule has 0 radical (unpaired) electrons. The van der Waals surface area contributed by atoms with Crippen LogP contribution in [0.1, 0.15) is 13.8 Å². The van der Waals surface area contributed by atoms with Gasteiger partial charge in [0.15, 0.2) is 0 Å².